The summed E-state index contributed by atoms with van der Waals surface area (Å²) in [5, 5.41) is 5.23. The molecule has 0 aromatic heterocycles. The van der Waals surface area contributed by atoms with Gasteiger partial charge in [0.15, 0.2) is 0 Å². The SMILES string of the molecule is O=C(/C=C\c1c(F)cccc1F)N[C@@H]1CCCCNC1=O. The maximum Gasteiger partial charge on any atom is 0.244 e. The molecule has 6 heteroatoms. The lowest BCUT2D eigenvalue weighted by atomic mass is 10.1. The number of benzene rings is 1. The normalized spacial score (nSPS) is 19.1. The van der Waals surface area contributed by atoms with Crippen LogP contribution in [-0.2, 0) is 9.59 Å². The van der Waals surface area contributed by atoms with Gasteiger partial charge in [0.25, 0.3) is 0 Å². The van der Waals surface area contributed by atoms with Gasteiger partial charge in [-0.05, 0) is 37.5 Å². The van der Waals surface area contributed by atoms with Crippen molar-refractivity contribution in [3.05, 3.63) is 41.5 Å². The Morgan fingerprint density at radius 3 is 2.71 bits per heavy atom. The summed E-state index contributed by atoms with van der Waals surface area (Å²) in [7, 11) is 0. The van der Waals surface area contributed by atoms with Crippen molar-refractivity contribution in [1.82, 2.24) is 10.6 Å². The summed E-state index contributed by atoms with van der Waals surface area (Å²) < 4.78 is 26.8. The number of amides is 2. The van der Waals surface area contributed by atoms with Gasteiger partial charge in [-0.15, -0.1) is 0 Å². The van der Waals surface area contributed by atoms with Crippen LogP contribution in [0.3, 0.4) is 0 Å². The molecule has 2 N–H and O–H groups in total. The number of carbonyl (C=O) groups is 2. The molecule has 1 aliphatic rings. The Morgan fingerprint density at radius 2 is 2.00 bits per heavy atom. The van der Waals surface area contributed by atoms with E-state index in [0.29, 0.717) is 13.0 Å². The highest BCUT2D eigenvalue weighted by Crippen LogP contribution is 2.13. The monoisotopic (exact) mass is 294 g/mol. The Balaban J connectivity index is 2.01. The lowest BCUT2D eigenvalue weighted by Gasteiger charge is -2.13. The van der Waals surface area contributed by atoms with Crippen molar-refractivity contribution in [3.8, 4) is 0 Å². The molecule has 1 aromatic carbocycles. The van der Waals surface area contributed by atoms with E-state index in [1.54, 1.807) is 0 Å². The molecule has 1 saturated heterocycles. The zero-order valence-corrected chi connectivity index (χ0v) is 11.4. The Bertz CT molecular complexity index is 553. The third kappa shape index (κ3) is 4.11. The quantitative estimate of drug-likeness (QED) is 0.835. The van der Waals surface area contributed by atoms with Gasteiger partial charge in [-0.1, -0.05) is 6.07 Å². The molecule has 0 saturated carbocycles. The molecule has 0 radical (unpaired) electrons. The highest BCUT2D eigenvalue weighted by Gasteiger charge is 2.21. The van der Waals surface area contributed by atoms with Crippen molar-refractivity contribution < 1.29 is 18.4 Å². The summed E-state index contributed by atoms with van der Waals surface area (Å²) >= 11 is 0. The van der Waals surface area contributed by atoms with Crippen LogP contribution in [0, 0.1) is 11.6 Å². The second-order valence-corrected chi connectivity index (χ2v) is 4.82. The molecule has 0 bridgehead atoms. The van der Waals surface area contributed by atoms with E-state index >= 15 is 0 Å². The van der Waals surface area contributed by atoms with Gasteiger partial charge in [-0.2, -0.15) is 0 Å². The van der Waals surface area contributed by atoms with Gasteiger partial charge >= 0.3 is 0 Å². The number of rotatable bonds is 3. The van der Waals surface area contributed by atoms with Crippen molar-refractivity contribution in [1.29, 1.82) is 0 Å². The van der Waals surface area contributed by atoms with Crippen LogP contribution in [-0.4, -0.2) is 24.4 Å². The van der Waals surface area contributed by atoms with Crippen LogP contribution >= 0.6 is 0 Å². The third-order valence-corrected chi connectivity index (χ3v) is 3.25. The zero-order chi connectivity index (χ0) is 15.2. The first-order valence-corrected chi connectivity index (χ1v) is 6.78. The van der Waals surface area contributed by atoms with Crippen LogP contribution in [0.4, 0.5) is 8.78 Å². The molecule has 112 valence electrons. The molecule has 2 amide bonds. The minimum atomic E-state index is -0.744. The van der Waals surface area contributed by atoms with E-state index in [2.05, 4.69) is 10.6 Å². The molecule has 1 aliphatic heterocycles. The van der Waals surface area contributed by atoms with Crippen LogP contribution in [0.1, 0.15) is 24.8 Å². The lowest BCUT2D eigenvalue weighted by Crippen LogP contribution is -2.44. The highest BCUT2D eigenvalue weighted by molar-refractivity contribution is 5.95. The number of halogens is 2. The van der Waals surface area contributed by atoms with Crippen molar-refractivity contribution in [2.75, 3.05) is 6.54 Å². The summed E-state index contributed by atoms with van der Waals surface area (Å²) in [5.41, 5.74) is -0.280. The van der Waals surface area contributed by atoms with Crippen LogP contribution in [0.15, 0.2) is 24.3 Å². The first-order chi connectivity index (χ1) is 10.1. The second-order valence-electron chi connectivity index (χ2n) is 4.82. The molecule has 21 heavy (non-hydrogen) atoms. The average molecular weight is 294 g/mol. The average Bonchev–Trinajstić information content (AvgIpc) is 2.64. The maximum absolute atomic E-state index is 13.4. The second kappa shape index (κ2) is 6.97. The molecule has 1 atom stereocenters. The van der Waals surface area contributed by atoms with Gasteiger partial charge in [0.1, 0.15) is 17.7 Å². The molecule has 1 aromatic rings. The summed E-state index contributed by atoms with van der Waals surface area (Å²) in [5.74, 6) is -2.27. The van der Waals surface area contributed by atoms with E-state index in [1.807, 2.05) is 0 Å². The van der Waals surface area contributed by atoms with Gasteiger partial charge < -0.3 is 10.6 Å². The summed E-state index contributed by atoms with van der Waals surface area (Å²) in [6.45, 7) is 0.599. The molecule has 1 heterocycles. The van der Waals surface area contributed by atoms with E-state index in [-0.39, 0.29) is 11.5 Å². The van der Waals surface area contributed by atoms with Crippen LogP contribution in [0.2, 0.25) is 0 Å². The van der Waals surface area contributed by atoms with Crippen molar-refractivity contribution in [2.24, 2.45) is 0 Å². The Morgan fingerprint density at radius 1 is 1.29 bits per heavy atom. The molecule has 4 nitrogen and oxygen atoms in total. The van der Waals surface area contributed by atoms with Gasteiger partial charge in [-0.25, -0.2) is 8.78 Å². The number of hydrogen-bond donors (Lipinski definition) is 2. The van der Waals surface area contributed by atoms with Crippen LogP contribution in [0.25, 0.3) is 6.08 Å². The smallest absolute Gasteiger partial charge is 0.244 e. The fraction of sp³-hybridized carbons (Fsp3) is 0.333. The lowest BCUT2D eigenvalue weighted by molar-refractivity contribution is -0.126. The topological polar surface area (TPSA) is 58.2 Å². The van der Waals surface area contributed by atoms with E-state index in [1.165, 1.54) is 6.07 Å². The first-order valence-electron chi connectivity index (χ1n) is 6.78. The van der Waals surface area contributed by atoms with Crippen molar-refractivity contribution in [3.63, 3.8) is 0 Å². The molecule has 0 aliphatic carbocycles. The maximum atomic E-state index is 13.4. The molecular formula is C15H16F2N2O2. The summed E-state index contributed by atoms with van der Waals surface area (Å²) in [4.78, 5) is 23.4. The molecule has 2 rings (SSSR count). The Hall–Kier alpha value is -2.24. The first kappa shape index (κ1) is 15.2. The van der Waals surface area contributed by atoms with Crippen LogP contribution < -0.4 is 10.6 Å². The predicted molar refractivity (Wildman–Crippen MR) is 74.2 cm³/mol. The molecule has 0 spiro atoms. The van der Waals surface area contributed by atoms with E-state index in [0.717, 1.165) is 37.1 Å². The Kier molecular flexibility index (Phi) is 5.03. The molecule has 1 fully saturated rings. The van der Waals surface area contributed by atoms with Crippen molar-refractivity contribution in [2.45, 2.75) is 25.3 Å². The highest BCUT2D eigenvalue weighted by atomic mass is 19.1. The van der Waals surface area contributed by atoms with Gasteiger partial charge in [0.2, 0.25) is 11.8 Å². The fourth-order valence-corrected chi connectivity index (χ4v) is 2.13. The third-order valence-electron chi connectivity index (χ3n) is 3.25. The number of carbonyl (C=O) groups excluding carboxylic acids is 2. The zero-order valence-electron chi connectivity index (χ0n) is 11.4. The minimum Gasteiger partial charge on any atom is -0.354 e. The van der Waals surface area contributed by atoms with E-state index in [9.17, 15) is 18.4 Å². The Labute approximate surface area is 121 Å². The standard InChI is InChI=1S/C15H16F2N2O2/c16-11-4-3-5-12(17)10(11)7-8-14(20)19-13-6-1-2-9-18-15(13)21/h3-5,7-8,13H,1-2,6,9H2,(H,18,21)(H,19,20)/b8-7-/t13-/m1/s1. The summed E-state index contributed by atoms with van der Waals surface area (Å²) in [6.07, 6.45) is 4.34. The van der Waals surface area contributed by atoms with Gasteiger partial charge in [0.05, 0.1) is 0 Å². The largest absolute Gasteiger partial charge is 0.354 e. The molecular weight excluding hydrogens is 278 g/mol. The van der Waals surface area contributed by atoms with Gasteiger partial charge in [0, 0.05) is 18.2 Å². The van der Waals surface area contributed by atoms with Crippen LogP contribution in [0.5, 0.6) is 0 Å². The minimum absolute atomic E-state index is 0.230. The van der Waals surface area contributed by atoms with E-state index in [4.69, 9.17) is 0 Å². The van der Waals surface area contributed by atoms with Crippen molar-refractivity contribution >= 4 is 17.9 Å². The number of nitrogens with one attached hydrogen (secondary N) is 2. The summed E-state index contributed by atoms with van der Waals surface area (Å²) in [6, 6.07) is 2.87. The predicted octanol–water partition coefficient (Wildman–Crippen LogP) is 1.76. The van der Waals surface area contributed by atoms with E-state index < -0.39 is 23.6 Å². The van der Waals surface area contributed by atoms with Gasteiger partial charge in [-0.3, -0.25) is 9.59 Å². The molecule has 0 unspecified atom stereocenters. The fourth-order valence-electron chi connectivity index (χ4n) is 2.13. The number of hydrogen-bond acceptors (Lipinski definition) is 2.